The molecule has 0 bridgehead atoms. The number of rotatable bonds is 4. The van der Waals surface area contributed by atoms with E-state index in [1.54, 1.807) is 0 Å². The van der Waals surface area contributed by atoms with E-state index in [9.17, 15) is 0 Å². The van der Waals surface area contributed by atoms with Crippen LogP contribution in [0.1, 0.15) is 26.3 Å². The van der Waals surface area contributed by atoms with Gasteiger partial charge in [-0.05, 0) is 30.9 Å². The Labute approximate surface area is 79.9 Å². The fraction of sp³-hybridized carbons (Fsp3) is 0.700. The van der Waals surface area contributed by atoms with E-state index in [0.29, 0.717) is 6.54 Å². The van der Waals surface area contributed by atoms with Gasteiger partial charge < -0.3 is 5.73 Å². The molecular formula is C10H19N3. The molecular weight excluding hydrogens is 162 g/mol. The molecule has 0 aromatic carbocycles. The number of aromatic nitrogens is 2. The maximum Gasteiger partial charge on any atom is 0.0521 e. The lowest BCUT2D eigenvalue weighted by Gasteiger charge is -2.20. The molecule has 1 aromatic rings. The third-order valence-electron chi connectivity index (χ3n) is 2.25. The molecule has 1 rings (SSSR count). The summed E-state index contributed by atoms with van der Waals surface area (Å²) in [6.07, 6.45) is 5.03. The monoisotopic (exact) mass is 181 g/mol. The van der Waals surface area contributed by atoms with Gasteiger partial charge in [0.2, 0.25) is 0 Å². The number of aryl methyl sites for hydroxylation is 1. The van der Waals surface area contributed by atoms with Crippen LogP contribution in [0.25, 0.3) is 0 Å². The van der Waals surface area contributed by atoms with Crippen molar-refractivity contribution in [2.75, 3.05) is 6.54 Å². The van der Waals surface area contributed by atoms with Crippen LogP contribution in [-0.4, -0.2) is 16.3 Å². The molecule has 0 aliphatic rings. The van der Waals surface area contributed by atoms with Crippen LogP contribution in [0.5, 0.6) is 0 Å². The molecule has 0 aliphatic heterocycles. The first kappa shape index (κ1) is 10.3. The van der Waals surface area contributed by atoms with Crippen LogP contribution >= 0.6 is 0 Å². The minimum atomic E-state index is 0.182. The zero-order chi connectivity index (χ0) is 9.90. The summed E-state index contributed by atoms with van der Waals surface area (Å²) in [5.41, 5.74) is 7.12. The highest BCUT2D eigenvalue weighted by molar-refractivity contribution is 5.06. The summed E-state index contributed by atoms with van der Waals surface area (Å²) in [6.45, 7) is 8.09. The van der Waals surface area contributed by atoms with Gasteiger partial charge in [0.15, 0.2) is 0 Å². The van der Waals surface area contributed by atoms with Crippen molar-refractivity contribution in [1.82, 2.24) is 9.78 Å². The minimum absolute atomic E-state index is 0.182. The van der Waals surface area contributed by atoms with Crippen molar-refractivity contribution in [1.29, 1.82) is 0 Å². The summed E-state index contributed by atoms with van der Waals surface area (Å²) >= 11 is 0. The van der Waals surface area contributed by atoms with Gasteiger partial charge in [-0.1, -0.05) is 13.8 Å². The minimum Gasteiger partial charge on any atom is -0.330 e. The predicted octanol–water partition coefficient (Wildman–Crippen LogP) is 1.43. The van der Waals surface area contributed by atoms with Crippen LogP contribution in [0.3, 0.4) is 0 Å². The van der Waals surface area contributed by atoms with Crippen LogP contribution in [-0.2, 0) is 13.0 Å². The van der Waals surface area contributed by atoms with E-state index >= 15 is 0 Å². The lowest BCUT2D eigenvalue weighted by molar-refractivity contribution is 0.376. The quantitative estimate of drug-likeness (QED) is 0.763. The Balaban J connectivity index is 2.63. The van der Waals surface area contributed by atoms with Crippen molar-refractivity contribution in [2.45, 2.75) is 33.7 Å². The van der Waals surface area contributed by atoms with Crippen LogP contribution < -0.4 is 5.73 Å². The molecule has 0 unspecified atom stereocenters. The van der Waals surface area contributed by atoms with E-state index in [2.05, 4.69) is 32.1 Å². The van der Waals surface area contributed by atoms with E-state index in [1.165, 1.54) is 5.56 Å². The summed E-state index contributed by atoms with van der Waals surface area (Å²) < 4.78 is 1.95. The molecule has 0 amide bonds. The summed E-state index contributed by atoms with van der Waals surface area (Å²) in [7, 11) is 0. The zero-order valence-electron chi connectivity index (χ0n) is 8.75. The van der Waals surface area contributed by atoms with Gasteiger partial charge in [-0.15, -0.1) is 0 Å². The van der Waals surface area contributed by atoms with E-state index in [4.69, 9.17) is 5.73 Å². The maximum absolute atomic E-state index is 5.67. The molecule has 0 saturated heterocycles. The molecule has 0 aliphatic carbocycles. The topological polar surface area (TPSA) is 43.8 Å². The first-order valence-electron chi connectivity index (χ1n) is 4.79. The predicted molar refractivity (Wildman–Crippen MR) is 54.4 cm³/mol. The molecule has 13 heavy (non-hydrogen) atoms. The molecule has 1 aromatic heterocycles. The molecule has 0 atom stereocenters. The fourth-order valence-corrected chi connectivity index (χ4v) is 1.30. The number of hydrogen-bond donors (Lipinski definition) is 1. The van der Waals surface area contributed by atoms with Crippen molar-refractivity contribution in [3.8, 4) is 0 Å². The molecule has 74 valence electrons. The molecule has 3 heteroatoms. The normalized spacial score (nSPS) is 12.0. The Morgan fingerprint density at radius 3 is 2.69 bits per heavy atom. The molecule has 2 N–H and O–H groups in total. The van der Waals surface area contributed by atoms with Crippen LogP contribution in [0.4, 0.5) is 0 Å². The van der Waals surface area contributed by atoms with Crippen molar-refractivity contribution >= 4 is 0 Å². The third kappa shape index (κ3) is 2.84. The Kier molecular flexibility index (Phi) is 3.09. The lowest BCUT2D eigenvalue weighted by Crippen LogP contribution is -2.25. The molecule has 3 nitrogen and oxygen atoms in total. The smallest absolute Gasteiger partial charge is 0.0521 e. The van der Waals surface area contributed by atoms with Crippen molar-refractivity contribution < 1.29 is 0 Å². The third-order valence-corrected chi connectivity index (χ3v) is 2.25. The zero-order valence-corrected chi connectivity index (χ0v) is 8.75. The van der Waals surface area contributed by atoms with Gasteiger partial charge >= 0.3 is 0 Å². The number of nitrogens with zero attached hydrogens (tertiary/aromatic N) is 2. The first-order valence-corrected chi connectivity index (χ1v) is 4.79. The van der Waals surface area contributed by atoms with Gasteiger partial charge in [-0.2, -0.15) is 5.10 Å². The highest BCUT2D eigenvalue weighted by Gasteiger charge is 2.16. The second-order valence-corrected chi connectivity index (χ2v) is 4.25. The molecule has 1 heterocycles. The summed E-state index contributed by atoms with van der Waals surface area (Å²) in [6, 6.07) is 0. The molecule has 0 fully saturated rings. The van der Waals surface area contributed by atoms with Gasteiger partial charge in [-0.25, -0.2) is 0 Å². The summed E-state index contributed by atoms with van der Waals surface area (Å²) in [4.78, 5) is 0. The Morgan fingerprint density at radius 2 is 2.23 bits per heavy atom. The first-order chi connectivity index (χ1) is 6.07. The average molecular weight is 181 g/mol. The molecule has 0 spiro atoms. The number of nitrogens with two attached hydrogens (primary N) is 1. The van der Waals surface area contributed by atoms with E-state index < -0.39 is 0 Å². The van der Waals surface area contributed by atoms with Gasteiger partial charge in [0.1, 0.15) is 0 Å². The standard InChI is InChI=1S/C10H19N3/c1-4-13-7-9(6-12-13)5-10(2,3)8-11/h6-7H,4-5,8,11H2,1-3H3. The Hall–Kier alpha value is -0.830. The van der Waals surface area contributed by atoms with Crippen molar-refractivity contribution in [3.05, 3.63) is 18.0 Å². The average Bonchev–Trinajstić information content (AvgIpc) is 2.52. The fourth-order valence-electron chi connectivity index (χ4n) is 1.30. The van der Waals surface area contributed by atoms with Gasteiger partial charge in [0.05, 0.1) is 6.20 Å². The highest BCUT2D eigenvalue weighted by Crippen LogP contribution is 2.19. The van der Waals surface area contributed by atoms with E-state index in [-0.39, 0.29) is 5.41 Å². The SMILES string of the molecule is CCn1cc(CC(C)(C)CN)cn1. The Bertz CT molecular complexity index is 263. The largest absolute Gasteiger partial charge is 0.330 e. The lowest BCUT2D eigenvalue weighted by atomic mass is 9.87. The second-order valence-electron chi connectivity index (χ2n) is 4.25. The van der Waals surface area contributed by atoms with Crippen LogP contribution in [0.15, 0.2) is 12.4 Å². The Morgan fingerprint density at radius 1 is 1.54 bits per heavy atom. The van der Waals surface area contributed by atoms with Gasteiger partial charge in [-0.3, -0.25) is 4.68 Å². The highest BCUT2D eigenvalue weighted by atomic mass is 15.3. The van der Waals surface area contributed by atoms with Crippen molar-refractivity contribution in [2.24, 2.45) is 11.1 Å². The molecule has 0 radical (unpaired) electrons. The second kappa shape index (κ2) is 3.92. The maximum atomic E-state index is 5.67. The van der Waals surface area contributed by atoms with Crippen LogP contribution in [0.2, 0.25) is 0 Å². The van der Waals surface area contributed by atoms with Crippen LogP contribution in [0, 0.1) is 5.41 Å². The van der Waals surface area contributed by atoms with E-state index in [1.807, 2.05) is 10.9 Å². The van der Waals surface area contributed by atoms with Crippen molar-refractivity contribution in [3.63, 3.8) is 0 Å². The molecule has 0 saturated carbocycles. The van der Waals surface area contributed by atoms with E-state index in [0.717, 1.165) is 13.0 Å². The van der Waals surface area contributed by atoms with Gasteiger partial charge in [0, 0.05) is 12.7 Å². The van der Waals surface area contributed by atoms with Gasteiger partial charge in [0.25, 0.3) is 0 Å². The summed E-state index contributed by atoms with van der Waals surface area (Å²) in [5.74, 6) is 0. The number of hydrogen-bond acceptors (Lipinski definition) is 2. The summed E-state index contributed by atoms with van der Waals surface area (Å²) in [5, 5.41) is 4.23.